The molecule has 1 N–H and O–H groups in total. The molecule has 0 atom stereocenters. The number of amides is 1. The Balaban J connectivity index is 1.82. The number of likely N-dealkylation sites (N-methyl/N-ethyl adjacent to an activating group) is 1. The van der Waals surface area contributed by atoms with Crippen LogP contribution in [0.4, 0.5) is 5.69 Å². The molecular formula is C22H24ClN3O2. The molecule has 1 aliphatic heterocycles. The van der Waals surface area contributed by atoms with Crippen LogP contribution >= 0.6 is 11.6 Å². The Kier molecular flexibility index (Phi) is 5.47. The number of anilines is 1. The number of benzene rings is 2. The van der Waals surface area contributed by atoms with Crippen LogP contribution in [0.5, 0.6) is 5.75 Å². The van der Waals surface area contributed by atoms with Crippen molar-refractivity contribution in [3.05, 3.63) is 64.2 Å². The first-order valence-electron chi connectivity index (χ1n) is 8.97. The Hall–Kier alpha value is -2.79. The van der Waals surface area contributed by atoms with Crippen LogP contribution in [0.3, 0.4) is 0 Å². The van der Waals surface area contributed by atoms with Crippen molar-refractivity contribution in [3.63, 3.8) is 0 Å². The van der Waals surface area contributed by atoms with Crippen molar-refractivity contribution in [1.29, 1.82) is 0 Å². The molecule has 6 heteroatoms. The first-order valence-corrected chi connectivity index (χ1v) is 9.35. The van der Waals surface area contributed by atoms with E-state index in [2.05, 4.69) is 49.3 Å². The predicted octanol–water partition coefficient (Wildman–Crippen LogP) is 4.74. The zero-order chi connectivity index (χ0) is 20.5. The second-order valence-corrected chi connectivity index (χ2v) is 7.77. The van der Waals surface area contributed by atoms with Gasteiger partial charge < -0.3 is 9.64 Å². The first kappa shape index (κ1) is 20.0. The molecule has 2 aromatic carbocycles. The standard InChI is InChI=1S/C22H24ClN3O2/c1-14-12-22(2,3)26(4)20-11-19(23)16(10-18(14)20)13-24-25-21(27)15-7-6-8-17(9-15)28-5/h6-13H,1-5H3,(H,25,27)/b24-13+. The second-order valence-electron chi connectivity index (χ2n) is 7.36. The molecule has 0 saturated heterocycles. The summed E-state index contributed by atoms with van der Waals surface area (Å²) in [6, 6.07) is 10.8. The maximum Gasteiger partial charge on any atom is 0.271 e. The molecule has 0 bridgehead atoms. The maximum absolute atomic E-state index is 12.3. The Morgan fingerprint density at radius 2 is 2.04 bits per heavy atom. The highest BCUT2D eigenvalue weighted by Gasteiger charge is 2.29. The maximum atomic E-state index is 12.3. The van der Waals surface area contributed by atoms with Gasteiger partial charge >= 0.3 is 0 Å². The number of ether oxygens (including phenoxy) is 1. The number of carbonyl (C=O) groups is 1. The minimum Gasteiger partial charge on any atom is -0.497 e. The summed E-state index contributed by atoms with van der Waals surface area (Å²) in [5.74, 6) is 0.297. The minimum absolute atomic E-state index is 0.0826. The van der Waals surface area contributed by atoms with Crippen LogP contribution in [0.1, 0.15) is 42.3 Å². The SMILES string of the molecule is COc1cccc(C(=O)N/N=C/c2cc3c(cc2Cl)N(C)C(C)(C)C=C3C)c1. The normalized spacial score (nSPS) is 15.2. The molecule has 0 fully saturated rings. The molecule has 3 rings (SSSR count). The molecule has 0 aromatic heterocycles. The van der Waals surface area contributed by atoms with Crippen molar-refractivity contribution >= 4 is 35.0 Å². The third-order valence-corrected chi connectivity index (χ3v) is 5.36. The van der Waals surface area contributed by atoms with Crippen molar-refractivity contribution in [1.82, 2.24) is 5.43 Å². The van der Waals surface area contributed by atoms with Gasteiger partial charge in [0.15, 0.2) is 0 Å². The molecule has 1 heterocycles. The van der Waals surface area contributed by atoms with Crippen LogP contribution in [0.15, 0.2) is 47.6 Å². The largest absolute Gasteiger partial charge is 0.497 e. The predicted molar refractivity (Wildman–Crippen MR) is 116 cm³/mol. The summed E-state index contributed by atoms with van der Waals surface area (Å²) >= 11 is 6.47. The number of hydrazone groups is 1. The van der Waals surface area contributed by atoms with Crippen molar-refractivity contribution < 1.29 is 9.53 Å². The van der Waals surface area contributed by atoms with Crippen LogP contribution in [0.2, 0.25) is 5.02 Å². The molecule has 5 nitrogen and oxygen atoms in total. The number of allylic oxidation sites excluding steroid dienone is 1. The summed E-state index contributed by atoms with van der Waals surface area (Å²) in [7, 11) is 3.61. The molecule has 28 heavy (non-hydrogen) atoms. The van der Waals surface area contributed by atoms with Gasteiger partial charge in [-0.1, -0.05) is 23.7 Å². The van der Waals surface area contributed by atoms with Gasteiger partial charge in [0, 0.05) is 29.4 Å². The average molecular weight is 398 g/mol. The van der Waals surface area contributed by atoms with Gasteiger partial charge in [-0.2, -0.15) is 5.10 Å². The molecule has 1 amide bonds. The highest BCUT2D eigenvalue weighted by molar-refractivity contribution is 6.33. The topological polar surface area (TPSA) is 53.9 Å². The summed E-state index contributed by atoms with van der Waals surface area (Å²) in [4.78, 5) is 14.5. The van der Waals surface area contributed by atoms with Gasteiger partial charge in [-0.15, -0.1) is 0 Å². The number of hydrogen-bond donors (Lipinski definition) is 1. The van der Waals surface area contributed by atoms with Gasteiger partial charge in [0.1, 0.15) is 5.75 Å². The van der Waals surface area contributed by atoms with Crippen molar-refractivity contribution in [2.45, 2.75) is 26.3 Å². The average Bonchev–Trinajstić information content (AvgIpc) is 2.66. The van der Waals surface area contributed by atoms with Crippen molar-refractivity contribution in [2.75, 3.05) is 19.1 Å². The van der Waals surface area contributed by atoms with E-state index in [9.17, 15) is 4.79 Å². The Bertz CT molecular complexity index is 980. The summed E-state index contributed by atoms with van der Waals surface area (Å²) in [5.41, 5.74) is 7.02. The van der Waals surface area contributed by atoms with E-state index in [1.165, 1.54) is 5.57 Å². The molecule has 0 spiro atoms. The van der Waals surface area contributed by atoms with E-state index < -0.39 is 0 Å². The number of nitrogens with zero attached hydrogens (tertiary/aromatic N) is 2. The number of fused-ring (bicyclic) bond motifs is 1. The summed E-state index contributed by atoms with van der Waals surface area (Å²) in [6.45, 7) is 6.42. The first-order chi connectivity index (χ1) is 13.2. The van der Waals surface area contributed by atoms with Gasteiger partial charge in [-0.05, 0) is 56.7 Å². The molecule has 2 aromatic rings. The molecule has 1 aliphatic rings. The lowest BCUT2D eigenvalue weighted by Crippen LogP contribution is -2.42. The summed E-state index contributed by atoms with van der Waals surface area (Å²) in [6.07, 6.45) is 3.79. The quantitative estimate of drug-likeness (QED) is 0.598. The Morgan fingerprint density at radius 1 is 1.29 bits per heavy atom. The highest BCUT2D eigenvalue weighted by atomic mass is 35.5. The second kappa shape index (κ2) is 7.68. The molecule has 0 aliphatic carbocycles. The van der Waals surface area contributed by atoms with Gasteiger partial charge in [-0.25, -0.2) is 5.43 Å². The monoisotopic (exact) mass is 397 g/mol. The zero-order valence-electron chi connectivity index (χ0n) is 16.7. The molecule has 0 unspecified atom stereocenters. The van der Waals surface area contributed by atoms with E-state index in [4.69, 9.17) is 16.3 Å². The lowest BCUT2D eigenvalue weighted by molar-refractivity contribution is 0.0955. The van der Waals surface area contributed by atoms with E-state index in [1.807, 2.05) is 12.1 Å². The van der Waals surface area contributed by atoms with E-state index in [0.29, 0.717) is 16.3 Å². The third kappa shape index (κ3) is 3.90. The fourth-order valence-electron chi connectivity index (χ4n) is 3.28. The fourth-order valence-corrected chi connectivity index (χ4v) is 3.48. The molecular weight excluding hydrogens is 374 g/mol. The van der Waals surface area contributed by atoms with Gasteiger partial charge in [-0.3, -0.25) is 4.79 Å². The van der Waals surface area contributed by atoms with Crippen LogP contribution in [-0.2, 0) is 0 Å². The van der Waals surface area contributed by atoms with E-state index in [-0.39, 0.29) is 11.4 Å². The molecule has 0 saturated carbocycles. The number of nitrogens with one attached hydrogen (secondary N) is 1. The number of methoxy groups -OCH3 is 1. The van der Waals surface area contributed by atoms with Crippen LogP contribution in [0, 0.1) is 0 Å². The van der Waals surface area contributed by atoms with Gasteiger partial charge in [0.05, 0.1) is 23.9 Å². The van der Waals surface area contributed by atoms with Crippen molar-refractivity contribution in [3.8, 4) is 5.75 Å². The number of rotatable bonds is 4. The fraction of sp³-hybridized carbons (Fsp3) is 0.273. The Labute approximate surface area is 170 Å². The summed E-state index contributed by atoms with van der Waals surface area (Å²) in [5, 5.41) is 4.65. The lowest BCUT2D eigenvalue weighted by atomic mass is 9.88. The smallest absolute Gasteiger partial charge is 0.271 e. The number of hydrogen-bond acceptors (Lipinski definition) is 4. The summed E-state index contributed by atoms with van der Waals surface area (Å²) < 4.78 is 5.14. The van der Waals surface area contributed by atoms with Crippen molar-refractivity contribution in [2.24, 2.45) is 5.10 Å². The molecule has 0 radical (unpaired) electrons. The highest BCUT2D eigenvalue weighted by Crippen LogP contribution is 2.40. The van der Waals surface area contributed by atoms with E-state index in [0.717, 1.165) is 16.8 Å². The Morgan fingerprint density at radius 3 is 2.75 bits per heavy atom. The van der Waals surface area contributed by atoms with Crippen LogP contribution < -0.4 is 15.1 Å². The zero-order valence-corrected chi connectivity index (χ0v) is 17.5. The van der Waals surface area contributed by atoms with Crippen LogP contribution in [0.25, 0.3) is 5.57 Å². The van der Waals surface area contributed by atoms with E-state index in [1.54, 1.807) is 37.6 Å². The third-order valence-electron chi connectivity index (χ3n) is 5.04. The number of carbonyl (C=O) groups excluding carboxylic acids is 1. The van der Waals surface area contributed by atoms with Crippen LogP contribution in [-0.4, -0.2) is 31.8 Å². The number of halogens is 1. The minimum atomic E-state index is -0.318. The van der Waals surface area contributed by atoms with Gasteiger partial charge in [0.2, 0.25) is 0 Å². The van der Waals surface area contributed by atoms with E-state index >= 15 is 0 Å². The van der Waals surface area contributed by atoms with Gasteiger partial charge in [0.25, 0.3) is 5.91 Å². The molecule has 146 valence electrons. The lowest BCUT2D eigenvalue weighted by Gasteiger charge is -2.40.